The van der Waals surface area contributed by atoms with Crippen LogP contribution in [0, 0.1) is 26.2 Å². The Morgan fingerprint density at radius 1 is 1.08 bits per heavy atom. The van der Waals surface area contributed by atoms with Crippen LogP contribution in [-0.4, -0.2) is 44.1 Å². The first kappa shape index (κ1) is 29.8. The fraction of sp³-hybridized carbons (Fsp3) is 0.269. The highest BCUT2D eigenvalue weighted by Crippen LogP contribution is 2.33. The van der Waals surface area contributed by atoms with Gasteiger partial charge in [0.1, 0.15) is 6.23 Å². The maximum absolute atomic E-state index is 13.2. The number of sulfonamides is 1. The van der Waals surface area contributed by atoms with Crippen molar-refractivity contribution in [3.63, 3.8) is 0 Å². The van der Waals surface area contributed by atoms with Crippen molar-refractivity contribution in [2.45, 2.75) is 45.2 Å². The second-order valence-corrected chi connectivity index (χ2v) is 11.6. The lowest BCUT2D eigenvalue weighted by molar-refractivity contribution is -0.121. The van der Waals surface area contributed by atoms with Crippen molar-refractivity contribution in [3.05, 3.63) is 64.0 Å². The molecular weight excluding hydrogens is 540 g/mol. The average molecular weight is 573 g/mol. The number of nitrogens with one attached hydrogen (secondary N) is 5. The van der Waals surface area contributed by atoms with E-state index in [4.69, 9.17) is 11.1 Å². The van der Waals surface area contributed by atoms with Gasteiger partial charge in [0.15, 0.2) is 5.96 Å². The van der Waals surface area contributed by atoms with Gasteiger partial charge in [-0.1, -0.05) is 25.1 Å². The van der Waals surface area contributed by atoms with Gasteiger partial charge in [-0.3, -0.25) is 15.0 Å². The number of benzene rings is 2. The molecule has 0 spiro atoms. The minimum absolute atomic E-state index is 0.0640. The second-order valence-electron chi connectivity index (χ2n) is 8.87. The number of nitrogens with two attached hydrogens (primary N) is 1. The molecule has 2 amide bonds. The minimum Gasteiger partial charge on any atom is -0.376 e. The van der Waals surface area contributed by atoms with Crippen LogP contribution in [0.4, 0.5) is 11.4 Å². The topological polar surface area (TPSA) is 186 Å². The van der Waals surface area contributed by atoms with Gasteiger partial charge in [-0.15, -0.1) is 11.3 Å². The van der Waals surface area contributed by atoms with Crippen LogP contribution < -0.4 is 26.4 Å². The number of hydrogen-bond acceptors (Lipinski definition) is 7. The summed E-state index contributed by atoms with van der Waals surface area (Å²) in [5.41, 5.74) is 8.67. The van der Waals surface area contributed by atoms with Gasteiger partial charge in [-0.05, 0) is 67.3 Å². The van der Waals surface area contributed by atoms with E-state index < -0.39 is 22.2 Å². The smallest absolute Gasteiger partial charge is 0.265 e. The number of amides is 2. The number of aliphatic hydroxyl groups is 1. The quantitative estimate of drug-likeness (QED) is 0.110. The molecule has 1 atom stereocenters. The maximum atomic E-state index is 13.2. The lowest BCUT2D eigenvalue weighted by atomic mass is 10.0. The van der Waals surface area contributed by atoms with Gasteiger partial charge >= 0.3 is 0 Å². The SMILES string of the molecule is CCC(=O)NCC(O)NS(=O)(=O)c1c(C)cc(C)c(NC(=O)c2ccc(-c3cccc(NC(=N)N)c3)s2)c1C. The molecule has 0 saturated heterocycles. The van der Waals surface area contributed by atoms with Crippen LogP contribution in [0.1, 0.15) is 39.7 Å². The third kappa shape index (κ3) is 7.41. The van der Waals surface area contributed by atoms with Crippen LogP contribution in [0.25, 0.3) is 10.4 Å². The van der Waals surface area contributed by atoms with E-state index in [0.717, 1.165) is 10.4 Å². The van der Waals surface area contributed by atoms with Crippen molar-refractivity contribution in [2.24, 2.45) is 5.73 Å². The predicted molar refractivity (Wildman–Crippen MR) is 154 cm³/mol. The van der Waals surface area contributed by atoms with Gasteiger partial charge in [0.25, 0.3) is 5.91 Å². The predicted octanol–water partition coefficient (Wildman–Crippen LogP) is 3.02. The molecule has 11 nitrogen and oxygen atoms in total. The largest absolute Gasteiger partial charge is 0.376 e. The number of aryl methyl sites for hydroxylation is 2. The lowest BCUT2D eigenvalue weighted by Crippen LogP contribution is -2.43. The van der Waals surface area contributed by atoms with Crippen molar-refractivity contribution in [1.29, 1.82) is 5.41 Å². The van der Waals surface area contributed by atoms with Crippen LogP contribution in [0.15, 0.2) is 47.4 Å². The summed E-state index contributed by atoms with van der Waals surface area (Å²) in [6, 6.07) is 12.4. The van der Waals surface area contributed by atoms with Crippen molar-refractivity contribution in [3.8, 4) is 10.4 Å². The molecule has 0 fully saturated rings. The van der Waals surface area contributed by atoms with Crippen LogP contribution >= 0.6 is 11.3 Å². The van der Waals surface area contributed by atoms with E-state index in [2.05, 4.69) is 20.7 Å². The molecule has 3 aromatic rings. The van der Waals surface area contributed by atoms with Gasteiger partial charge in [0, 0.05) is 22.7 Å². The minimum atomic E-state index is -4.19. The number of thiophene rings is 1. The molecule has 1 heterocycles. The fourth-order valence-electron chi connectivity index (χ4n) is 4.08. The summed E-state index contributed by atoms with van der Waals surface area (Å²) in [5.74, 6) is -0.910. The number of carbonyl (C=O) groups is 2. The summed E-state index contributed by atoms with van der Waals surface area (Å²) in [5, 5.41) is 25.6. The first-order valence-electron chi connectivity index (χ1n) is 12.0. The summed E-state index contributed by atoms with van der Waals surface area (Å²) >= 11 is 1.26. The van der Waals surface area contributed by atoms with Crippen LogP contribution in [0.3, 0.4) is 0 Å². The number of aliphatic hydroxyl groups excluding tert-OH is 1. The summed E-state index contributed by atoms with van der Waals surface area (Å²) in [4.78, 5) is 25.8. The molecule has 2 aromatic carbocycles. The number of hydrogen-bond donors (Lipinski definition) is 7. The standard InChI is InChI=1S/C26H32N6O5S2/c1-5-21(33)29-13-22(34)32-39(36,37)24-15(3)11-14(2)23(16(24)4)31-25(35)20-10-9-19(38-20)17-7-6-8-18(12-17)30-26(27)28/h6-12,22,32,34H,5,13H2,1-4H3,(H,29,33)(H,31,35)(H4,27,28,30). The van der Waals surface area contributed by atoms with Crippen molar-refractivity contribution >= 4 is 50.5 Å². The van der Waals surface area contributed by atoms with Crippen LogP contribution in [0.2, 0.25) is 0 Å². The Bertz CT molecular complexity index is 1520. The van der Waals surface area contributed by atoms with Gasteiger partial charge in [-0.2, -0.15) is 4.72 Å². The average Bonchev–Trinajstić information content (AvgIpc) is 3.34. The fourth-order valence-corrected chi connectivity index (χ4v) is 6.53. The number of guanidine groups is 1. The summed E-state index contributed by atoms with van der Waals surface area (Å²) in [6.45, 7) is 6.34. The molecular formula is C26H32N6O5S2. The molecule has 1 unspecified atom stereocenters. The molecule has 3 rings (SSSR count). The Morgan fingerprint density at radius 3 is 2.46 bits per heavy atom. The van der Waals surface area contributed by atoms with Gasteiger partial charge in [0.05, 0.1) is 16.3 Å². The van der Waals surface area contributed by atoms with E-state index >= 15 is 0 Å². The number of anilines is 2. The highest BCUT2D eigenvalue weighted by molar-refractivity contribution is 7.89. The molecule has 1 aromatic heterocycles. The maximum Gasteiger partial charge on any atom is 0.265 e. The first-order valence-corrected chi connectivity index (χ1v) is 14.3. The molecule has 0 saturated carbocycles. The first-order chi connectivity index (χ1) is 18.3. The Balaban J connectivity index is 1.84. The molecule has 0 aliphatic carbocycles. The second kappa shape index (κ2) is 12.4. The van der Waals surface area contributed by atoms with Crippen molar-refractivity contribution in [2.75, 3.05) is 17.2 Å². The lowest BCUT2D eigenvalue weighted by Gasteiger charge is -2.20. The molecule has 39 heavy (non-hydrogen) atoms. The Hall–Kier alpha value is -3.78. The van der Waals surface area contributed by atoms with Gasteiger partial charge < -0.3 is 26.8 Å². The van der Waals surface area contributed by atoms with Crippen LogP contribution in [0.5, 0.6) is 0 Å². The number of rotatable bonds is 10. The van der Waals surface area contributed by atoms with Gasteiger partial charge in [0.2, 0.25) is 15.9 Å². The molecule has 0 aliphatic heterocycles. The van der Waals surface area contributed by atoms with Crippen molar-refractivity contribution in [1.82, 2.24) is 10.0 Å². The van der Waals surface area contributed by atoms with E-state index in [-0.39, 0.29) is 29.7 Å². The number of carbonyl (C=O) groups excluding carboxylic acids is 2. The van der Waals surface area contributed by atoms with E-state index in [1.54, 1.807) is 52.0 Å². The molecule has 0 bridgehead atoms. The van der Waals surface area contributed by atoms with Crippen LogP contribution in [-0.2, 0) is 14.8 Å². The molecule has 0 aliphatic rings. The van der Waals surface area contributed by atoms with E-state index in [9.17, 15) is 23.1 Å². The third-order valence-corrected chi connectivity index (χ3v) is 8.65. The molecule has 13 heteroatoms. The van der Waals surface area contributed by atoms with Crippen molar-refractivity contribution < 1.29 is 23.1 Å². The highest BCUT2D eigenvalue weighted by atomic mass is 32.2. The van der Waals surface area contributed by atoms with Gasteiger partial charge in [-0.25, -0.2) is 8.42 Å². The van der Waals surface area contributed by atoms with E-state index in [1.807, 2.05) is 18.2 Å². The summed E-state index contributed by atoms with van der Waals surface area (Å²) in [7, 11) is -4.19. The molecule has 0 radical (unpaired) electrons. The monoisotopic (exact) mass is 572 g/mol. The third-order valence-electron chi connectivity index (χ3n) is 5.77. The summed E-state index contributed by atoms with van der Waals surface area (Å²) < 4.78 is 28.5. The highest BCUT2D eigenvalue weighted by Gasteiger charge is 2.26. The zero-order valence-electron chi connectivity index (χ0n) is 22.0. The Morgan fingerprint density at radius 2 is 1.79 bits per heavy atom. The molecule has 208 valence electrons. The Kier molecular flexibility index (Phi) is 9.45. The normalized spacial score (nSPS) is 12.0. The molecule has 8 N–H and O–H groups in total. The summed E-state index contributed by atoms with van der Waals surface area (Å²) in [6.07, 6.45) is -1.33. The Labute approximate surface area is 231 Å². The van der Waals surface area contributed by atoms with E-state index in [0.29, 0.717) is 32.9 Å². The zero-order valence-corrected chi connectivity index (χ0v) is 23.6. The zero-order chi connectivity index (χ0) is 28.9. The van der Waals surface area contributed by atoms with E-state index in [1.165, 1.54) is 11.3 Å².